The van der Waals surface area contributed by atoms with Crippen LogP contribution >= 0.6 is 12.2 Å². The van der Waals surface area contributed by atoms with Crippen LogP contribution in [0.2, 0.25) is 0 Å². The summed E-state index contributed by atoms with van der Waals surface area (Å²) in [4.78, 5) is 0. The van der Waals surface area contributed by atoms with Gasteiger partial charge in [-0.05, 0) is 47.6 Å². The quantitative estimate of drug-likeness (QED) is 0.461. The van der Waals surface area contributed by atoms with Crippen molar-refractivity contribution in [2.75, 3.05) is 0 Å². The van der Waals surface area contributed by atoms with E-state index in [2.05, 4.69) is 22.7 Å². The Morgan fingerprint density at radius 1 is 1.25 bits per heavy atom. The lowest BCUT2D eigenvalue weighted by molar-refractivity contribution is 0.474. The standard InChI is InChI=1S/C14H12FN3OS/c15-12-3-1-2-9(7-12)10-4-5-13(19)11(6-10)8-17-18-14(16)20/h1-8,19H,(H3,16,18,20)/b17-8+. The third-order valence-corrected chi connectivity index (χ3v) is 2.66. The van der Waals surface area contributed by atoms with Gasteiger partial charge in [0.1, 0.15) is 11.6 Å². The SMILES string of the molecule is NC(=S)N/N=C/c1cc(-c2cccc(F)c2)ccc1O. The molecule has 0 aliphatic rings. The van der Waals surface area contributed by atoms with Crippen LogP contribution in [0, 0.1) is 5.82 Å². The number of rotatable bonds is 3. The molecule has 20 heavy (non-hydrogen) atoms. The van der Waals surface area contributed by atoms with Crippen LogP contribution in [-0.2, 0) is 0 Å². The molecule has 0 fully saturated rings. The first-order chi connectivity index (χ1) is 9.56. The Balaban J connectivity index is 2.33. The molecule has 0 aliphatic heterocycles. The van der Waals surface area contributed by atoms with Crippen molar-refractivity contribution >= 4 is 23.5 Å². The molecule has 0 aliphatic carbocycles. The van der Waals surface area contributed by atoms with Gasteiger partial charge >= 0.3 is 0 Å². The van der Waals surface area contributed by atoms with E-state index < -0.39 is 0 Å². The average molecular weight is 289 g/mol. The Bertz CT molecular complexity index is 673. The summed E-state index contributed by atoms with van der Waals surface area (Å²) >= 11 is 4.61. The molecule has 0 bridgehead atoms. The van der Waals surface area contributed by atoms with Crippen molar-refractivity contribution in [1.82, 2.24) is 5.43 Å². The second-order valence-electron chi connectivity index (χ2n) is 4.02. The van der Waals surface area contributed by atoms with Gasteiger partial charge in [-0.15, -0.1) is 0 Å². The van der Waals surface area contributed by atoms with Gasteiger partial charge in [0, 0.05) is 5.56 Å². The van der Waals surface area contributed by atoms with E-state index in [1.54, 1.807) is 24.3 Å². The minimum absolute atomic E-state index is 0.0297. The Morgan fingerprint density at radius 2 is 2.00 bits per heavy atom. The first kappa shape index (κ1) is 14.0. The smallest absolute Gasteiger partial charge is 0.184 e. The van der Waals surface area contributed by atoms with Gasteiger partial charge in [-0.1, -0.05) is 18.2 Å². The molecular formula is C14H12FN3OS. The van der Waals surface area contributed by atoms with Crippen molar-refractivity contribution in [1.29, 1.82) is 0 Å². The molecule has 2 aromatic carbocycles. The molecule has 0 amide bonds. The molecule has 2 rings (SSSR count). The van der Waals surface area contributed by atoms with E-state index in [9.17, 15) is 9.50 Å². The zero-order valence-corrected chi connectivity index (χ0v) is 11.2. The van der Waals surface area contributed by atoms with Gasteiger partial charge in [-0.3, -0.25) is 5.43 Å². The number of nitrogens with one attached hydrogen (secondary N) is 1. The summed E-state index contributed by atoms with van der Waals surface area (Å²) in [6, 6.07) is 11.1. The van der Waals surface area contributed by atoms with E-state index in [-0.39, 0.29) is 16.7 Å². The van der Waals surface area contributed by atoms with Gasteiger partial charge in [0.15, 0.2) is 5.11 Å². The van der Waals surface area contributed by atoms with E-state index in [1.165, 1.54) is 24.4 Å². The lowest BCUT2D eigenvalue weighted by atomic mass is 10.0. The number of phenolic OH excluding ortho intramolecular Hbond substituents is 1. The summed E-state index contributed by atoms with van der Waals surface area (Å²) in [6.07, 6.45) is 1.39. The van der Waals surface area contributed by atoms with E-state index in [1.807, 2.05) is 0 Å². The molecule has 4 nitrogen and oxygen atoms in total. The zero-order valence-electron chi connectivity index (χ0n) is 10.4. The van der Waals surface area contributed by atoms with Crippen LogP contribution in [0.4, 0.5) is 4.39 Å². The molecule has 2 aromatic rings. The molecule has 0 saturated heterocycles. The zero-order chi connectivity index (χ0) is 14.5. The fourth-order valence-electron chi connectivity index (χ4n) is 1.67. The summed E-state index contributed by atoms with van der Waals surface area (Å²) in [5.74, 6) is -0.264. The molecule has 0 heterocycles. The van der Waals surface area contributed by atoms with Gasteiger partial charge in [-0.2, -0.15) is 5.10 Å². The number of hydrogen-bond donors (Lipinski definition) is 3. The third-order valence-electron chi connectivity index (χ3n) is 2.56. The lowest BCUT2D eigenvalue weighted by Gasteiger charge is -2.05. The first-order valence-electron chi connectivity index (χ1n) is 5.74. The van der Waals surface area contributed by atoms with Crippen LogP contribution in [0.3, 0.4) is 0 Å². The Hall–Kier alpha value is -2.47. The molecular weight excluding hydrogens is 277 g/mol. The number of phenols is 1. The minimum atomic E-state index is -0.319. The van der Waals surface area contributed by atoms with E-state index in [0.717, 1.165) is 5.56 Å². The second-order valence-corrected chi connectivity index (χ2v) is 4.46. The van der Waals surface area contributed by atoms with Crippen molar-refractivity contribution in [2.45, 2.75) is 0 Å². The summed E-state index contributed by atoms with van der Waals surface area (Å²) in [5.41, 5.74) is 9.57. The van der Waals surface area contributed by atoms with Gasteiger partial charge in [0.2, 0.25) is 0 Å². The monoisotopic (exact) mass is 289 g/mol. The van der Waals surface area contributed by atoms with Gasteiger partial charge in [0.25, 0.3) is 0 Å². The largest absolute Gasteiger partial charge is 0.507 e. The number of aromatic hydroxyl groups is 1. The van der Waals surface area contributed by atoms with Crippen LogP contribution in [0.5, 0.6) is 5.75 Å². The van der Waals surface area contributed by atoms with Crippen molar-refractivity contribution < 1.29 is 9.50 Å². The highest BCUT2D eigenvalue weighted by atomic mass is 32.1. The van der Waals surface area contributed by atoms with Crippen molar-refractivity contribution in [2.24, 2.45) is 10.8 Å². The predicted molar refractivity (Wildman–Crippen MR) is 81.0 cm³/mol. The Kier molecular flexibility index (Phi) is 4.27. The Labute approximate surface area is 120 Å². The van der Waals surface area contributed by atoms with E-state index >= 15 is 0 Å². The summed E-state index contributed by atoms with van der Waals surface area (Å²) in [5, 5.41) is 13.6. The summed E-state index contributed by atoms with van der Waals surface area (Å²) in [6.45, 7) is 0. The highest BCUT2D eigenvalue weighted by molar-refractivity contribution is 7.80. The third kappa shape index (κ3) is 3.52. The highest BCUT2D eigenvalue weighted by Gasteiger charge is 2.04. The van der Waals surface area contributed by atoms with E-state index in [0.29, 0.717) is 11.1 Å². The Morgan fingerprint density at radius 3 is 2.70 bits per heavy atom. The molecule has 0 unspecified atom stereocenters. The van der Waals surface area contributed by atoms with Crippen LogP contribution < -0.4 is 11.2 Å². The van der Waals surface area contributed by atoms with Crippen LogP contribution in [0.1, 0.15) is 5.56 Å². The number of thiocarbonyl (C=S) groups is 1. The second kappa shape index (κ2) is 6.12. The number of benzene rings is 2. The summed E-state index contributed by atoms with van der Waals surface area (Å²) < 4.78 is 13.2. The average Bonchev–Trinajstić information content (AvgIpc) is 2.40. The van der Waals surface area contributed by atoms with Crippen LogP contribution in [0.15, 0.2) is 47.6 Å². The number of nitrogens with two attached hydrogens (primary N) is 1. The van der Waals surface area contributed by atoms with Crippen LogP contribution in [0.25, 0.3) is 11.1 Å². The molecule has 0 saturated carbocycles. The van der Waals surface area contributed by atoms with Gasteiger partial charge < -0.3 is 10.8 Å². The number of halogens is 1. The molecule has 0 spiro atoms. The normalized spacial score (nSPS) is 10.7. The predicted octanol–water partition coefficient (Wildman–Crippen LogP) is 2.37. The molecule has 6 heteroatoms. The van der Waals surface area contributed by atoms with Crippen molar-refractivity contribution in [3.8, 4) is 16.9 Å². The van der Waals surface area contributed by atoms with Crippen molar-refractivity contribution in [3.05, 3.63) is 53.8 Å². The number of hydrazone groups is 1. The molecule has 0 aromatic heterocycles. The molecule has 0 atom stereocenters. The fourth-order valence-corrected chi connectivity index (χ4v) is 1.72. The topological polar surface area (TPSA) is 70.6 Å². The first-order valence-corrected chi connectivity index (χ1v) is 6.14. The number of hydrogen-bond acceptors (Lipinski definition) is 3. The van der Waals surface area contributed by atoms with Crippen molar-refractivity contribution in [3.63, 3.8) is 0 Å². The maximum absolute atomic E-state index is 13.2. The van der Waals surface area contributed by atoms with Gasteiger partial charge in [-0.25, -0.2) is 4.39 Å². The minimum Gasteiger partial charge on any atom is -0.507 e. The van der Waals surface area contributed by atoms with Crippen LogP contribution in [-0.4, -0.2) is 16.4 Å². The fraction of sp³-hybridized carbons (Fsp3) is 0. The maximum Gasteiger partial charge on any atom is 0.184 e. The number of nitrogens with zero attached hydrogens (tertiary/aromatic N) is 1. The maximum atomic E-state index is 13.2. The molecule has 102 valence electrons. The molecule has 0 radical (unpaired) electrons. The lowest BCUT2D eigenvalue weighted by Crippen LogP contribution is -2.23. The van der Waals surface area contributed by atoms with E-state index in [4.69, 9.17) is 5.73 Å². The highest BCUT2D eigenvalue weighted by Crippen LogP contribution is 2.25. The summed E-state index contributed by atoms with van der Waals surface area (Å²) in [7, 11) is 0. The molecule has 4 N–H and O–H groups in total. The van der Waals surface area contributed by atoms with Gasteiger partial charge in [0.05, 0.1) is 6.21 Å².